The van der Waals surface area contributed by atoms with E-state index in [1.165, 1.54) is 25.5 Å². The molecule has 1 N–H and O–H groups in total. The Bertz CT molecular complexity index is 465. The second-order valence-electron chi connectivity index (χ2n) is 5.82. The van der Waals surface area contributed by atoms with Crippen molar-refractivity contribution in [2.75, 3.05) is 19.6 Å². The SMILES string of the molecule is CC1CN2CCCC2CN1Cc1cccc(F)c1O. The molecule has 0 bridgehead atoms. The van der Waals surface area contributed by atoms with Gasteiger partial charge in [-0.25, -0.2) is 4.39 Å². The number of fused-ring (bicyclic) bond motifs is 1. The molecule has 3 rings (SSSR count). The first kappa shape index (κ1) is 12.9. The predicted octanol–water partition coefficient (Wildman–Crippen LogP) is 2.20. The summed E-state index contributed by atoms with van der Waals surface area (Å²) in [6.45, 7) is 6.17. The van der Waals surface area contributed by atoms with Gasteiger partial charge in [-0.2, -0.15) is 0 Å². The van der Waals surface area contributed by atoms with E-state index in [4.69, 9.17) is 0 Å². The second kappa shape index (κ2) is 5.10. The highest BCUT2D eigenvalue weighted by Gasteiger charge is 2.34. The Morgan fingerprint density at radius 2 is 2.21 bits per heavy atom. The van der Waals surface area contributed by atoms with Crippen LogP contribution in [-0.2, 0) is 6.54 Å². The van der Waals surface area contributed by atoms with Crippen molar-refractivity contribution in [2.45, 2.75) is 38.4 Å². The number of para-hydroxylation sites is 1. The summed E-state index contributed by atoms with van der Waals surface area (Å²) in [6, 6.07) is 5.88. The van der Waals surface area contributed by atoms with Gasteiger partial charge in [0.25, 0.3) is 0 Å². The summed E-state index contributed by atoms with van der Waals surface area (Å²) >= 11 is 0. The minimum absolute atomic E-state index is 0.191. The number of phenols is 1. The van der Waals surface area contributed by atoms with Gasteiger partial charge < -0.3 is 5.11 Å². The van der Waals surface area contributed by atoms with Crippen LogP contribution in [0, 0.1) is 5.82 Å². The van der Waals surface area contributed by atoms with Crippen LogP contribution in [0.5, 0.6) is 5.75 Å². The van der Waals surface area contributed by atoms with Crippen LogP contribution >= 0.6 is 0 Å². The Hall–Kier alpha value is -1.13. The fourth-order valence-corrected chi connectivity index (χ4v) is 3.37. The quantitative estimate of drug-likeness (QED) is 0.887. The Morgan fingerprint density at radius 3 is 3.05 bits per heavy atom. The maximum Gasteiger partial charge on any atom is 0.165 e. The first-order valence-electron chi connectivity index (χ1n) is 7.09. The van der Waals surface area contributed by atoms with E-state index in [-0.39, 0.29) is 5.75 Å². The molecular weight excluding hydrogens is 243 g/mol. The normalized spacial score (nSPS) is 28.5. The summed E-state index contributed by atoms with van der Waals surface area (Å²) in [5, 5.41) is 9.79. The summed E-state index contributed by atoms with van der Waals surface area (Å²) in [6.07, 6.45) is 2.55. The lowest BCUT2D eigenvalue weighted by Gasteiger charge is -2.42. The molecule has 19 heavy (non-hydrogen) atoms. The molecule has 3 nitrogen and oxygen atoms in total. The standard InChI is InChI=1S/C15H21FN2O/c1-11-8-17-7-3-5-13(17)10-18(11)9-12-4-2-6-14(16)15(12)19/h2,4,6,11,13,19H,3,5,7-10H2,1H3. The number of halogens is 1. The average molecular weight is 264 g/mol. The lowest BCUT2D eigenvalue weighted by molar-refractivity contribution is 0.0534. The number of phenolic OH excluding ortho intramolecular Hbond substituents is 1. The van der Waals surface area contributed by atoms with Crippen LogP contribution in [0.15, 0.2) is 18.2 Å². The largest absolute Gasteiger partial charge is 0.505 e. The Balaban J connectivity index is 1.73. The lowest BCUT2D eigenvalue weighted by Crippen LogP contribution is -2.54. The topological polar surface area (TPSA) is 26.7 Å². The fourth-order valence-electron chi connectivity index (χ4n) is 3.37. The number of benzene rings is 1. The third-order valence-corrected chi connectivity index (χ3v) is 4.51. The van der Waals surface area contributed by atoms with Crippen LogP contribution in [0.25, 0.3) is 0 Å². The highest BCUT2D eigenvalue weighted by Crippen LogP contribution is 2.28. The molecule has 2 atom stereocenters. The summed E-state index contributed by atoms with van der Waals surface area (Å²) in [5.41, 5.74) is 0.693. The molecule has 0 spiro atoms. The monoisotopic (exact) mass is 264 g/mol. The zero-order chi connectivity index (χ0) is 13.4. The minimum atomic E-state index is -0.523. The van der Waals surface area contributed by atoms with Gasteiger partial charge >= 0.3 is 0 Å². The van der Waals surface area contributed by atoms with Crippen LogP contribution in [0.3, 0.4) is 0 Å². The maximum atomic E-state index is 13.4. The van der Waals surface area contributed by atoms with E-state index in [2.05, 4.69) is 16.7 Å². The number of hydrogen-bond acceptors (Lipinski definition) is 3. The molecule has 2 saturated heterocycles. The summed E-state index contributed by atoms with van der Waals surface area (Å²) in [4.78, 5) is 4.92. The summed E-state index contributed by atoms with van der Waals surface area (Å²) in [5.74, 6) is -0.715. The minimum Gasteiger partial charge on any atom is -0.505 e. The van der Waals surface area contributed by atoms with Crippen LogP contribution < -0.4 is 0 Å². The molecular formula is C15H21FN2O. The molecule has 0 aliphatic carbocycles. The third kappa shape index (κ3) is 2.47. The molecule has 0 radical (unpaired) electrons. The smallest absolute Gasteiger partial charge is 0.165 e. The fraction of sp³-hybridized carbons (Fsp3) is 0.600. The number of rotatable bonds is 2. The maximum absolute atomic E-state index is 13.4. The van der Waals surface area contributed by atoms with Crippen LogP contribution in [-0.4, -0.2) is 46.6 Å². The van der Waals surface area contributed by atoms with Crippen molar-refractivity contribution in [3.8, 4) is 5.75 Å². The molecule has 2 aliphatic heterocycles. The zero-order valence-corrected chi connectivity index (χ0v) is 11.3. The molecule has 2 aliphatic rings. The Kier molecular flexibility index (Phi) is 3.46. The highest BCUT2D eigenvalue weighted by molar-refractivity contribution is 5.33. The van der Waals surface area contributed by atoms with Crippen LogP contribution in [0.1, 0.15) is 25.3 Å². The van der Waals surface area contributed by atoms with Gasteiger partial charge in [0.2, 0.25) is 0 Å². The average Bonchev–Trinajstić information content (AvgIpc) is 2.82. The van der Waals surface area contributed by atoms with E-state index in [0.29, 0.717) is 24.2 Å². The van der Waals surface area contributed by atoms with E-state index in [0.717, 1.165) is 13.1 Å². The van der Waals surface area contributed by atoms with Crippen molar-refractivity contribution in [3.05, 3.63) is 29.6 Å². The number of aromatic hydroxyl groups is 1. The highest BCUT2D eigenvalue weighted by atomic mass is 19.1. The first-order chi connectivity index (χ1) is 9.15. The molecule has 4 heteroatoms. The predicted molar refractivity (Wildman–Crippen MR) is 72.5 cm³/mol. The van der Waals surface area contributed by atoms with Crippen molar-refractivity contribution in [2.24, 2.45) is 0 Å². The number of nitrogens with zero attached hydrogens (tertiary/aromatic N) is 2. The molecule has 0 saturated carbocycles. The molecule has 2 unspecified atom stereocenters. The summed E-state index contributed by atoms with van der Waals surface area (Å²) < 4.78 is 13.4. The Labute approximate surface area is 113 Å². The first-order valence-corrected chi connectivity index (χ1v) is 7.09. The van der Waals surface area contributed by atoms with Gasteiger partial charge in [-0.3, -0.25) is 9.80 Å². The van der Waals surface area contributed by atoms with E-state index in [1.54, 1.807) is 6.07 Å². The molecule has 2 fully saturated rings. The molecule has 2 heterocycles. The zero-order valence-electron chi connectivity index (χ0n) is 11.3. The van der Waals surface area contributed by atoms with Crippen LogP contribution in [0.2, 0.25) is 0 Å². The van der Waals surface area contributed by atoms with Gasteiger partial charge in [-0.05, 0) is 32.4 Å². The van der Waals surface area contributed by atoms with Crippen LogP contribution in [0.4, 0.5) is 4.39 Å². The van der Waals surface area contributed by atoms with Gasteiger partial charge in [0, 0.05) is 37.3 Å². The van der Waals surface area contributed by atoms with Crippen molar-refractivity contribution < 1.29 is 9.50 Å². The van der Waals surface area contributed by atoms with E-state index < -0.39 is 5.82 Å². The molecule has 104 valence electrons. The van der Waals surface area contributed by atoms with E-state index >= 15 is 0 Å². The second-order valence-corrected chi connectivity index (χ2v) is 5.82. The van der Waals surface area contributed by atoms with E-state index in [9.17, 15) is 9.50 Å². The van der Waals surface area contributed by atoms with E-state index in [1.807, 2.05) is 6.07 Å². The molecule has 0 amide bonds. The number of hydrogen-bond donors (Lipinski definition) is 1. The number of piperazine rings is 1. The van der Waals surface area contributed by atoms with Gasteiger partial charge in [0.1, 0.15) is 0 Å². The van der Waals surface area contributed by atoms with Crippen molar-refractivity contribution >= 4 is 0 Å². The summed E-state index contributed by atoms with van der Waals surface area (Å²) in [7, 11) is 0. The molecule has 0 aromatic heterocycles. The van der Waals surface area contributed by atoms with Crippen molar-refractivity contribution in [3.63, 3.8) is 0 Å². The lowest BCUT2D eigenvalue weighted by atomic mass is 10.1. The Morgan fingerprint density at radius 1 is 1.37 bits per heavy atom. The van der Waals surface area contributed by atoms with Gasteiger partial charge in [-0.1, -0.05) is 12.1 Å². The van der Waals surface area contributed by atoms with Crippen molar-refractivity contribution in [1.82, 2.24) is 9.80 Å². The van der Waals surface area contributed by atoms with Gasteiger partial charge in [0.05, 0.1) is 0 Å². The van der Waals surface area contributed by atoms with Crippen molar-refractivity contribution in [1.29, 1.82) is 0 Å². The van der Waals surface area contributed by atoms with Gasteiger partial charge in [0.15, 0.2) is 11.6 Å². The molecule has 1 aromatic carbocycles. The molecule has 1 aromatic rings. The van der Waals surface area contributed by atoms with Gasteiger partial charge in [-0.15, -0.1) is 0 Å². The third-order valence-electron chi connectivity index (χ3n) is 4.51.